The summed E-state index contributed by atoms with van der Waals surface area (Å²) >= 11 is 9.53. The van der Waals surface area contributed by atoms with E-state index in [0.717, 1.165) is 10.9 Å². The number of aryl methyl sites for hydroxylation is 1. The van der Waals surface area contributed by atoms with E-state index >= 15 is 0 Å². The quantitative estimate of drug-likeness (QED) is 0.149. The molecular weight excluding hydrogens is 600 g/mol. The molecule has 10 heteroatoms. The number of hydrogen-bond acceptors (Lipinski definition) is 5. The SMILES string of the molecule is Cc1ccc(S(=O)(=O)[N-]Cc2ccccc2N=Cc2ccc3cccc([O-])c3n2)cc1.ClCCl.[Pd+2]. The van der Waals surface area contributed by atoms with Gasteiger partial charge in [-0.1, -0.05) is 65.9 Å². The van der Waals surface area contributed by atoms with E-state index in [-0.39, 0.29) is 43.0 Å². The van der Waals surface area contributed by atoms with Gasteiger partial charge in [-0.3, -0.25) is 4.99 Å². The van der Waals surface area contributed by atoms with Gasteiger partial charge in [0, 0.05) is 4.90 Å². The molecule has 0 amide bonds. The summed E-state index contributed by atoms with van der Waals surface area (Å²) in [5.41, 5.74) is 3.15. The molecule has 0 atom stereocenters. The van der Waals surface area contributed by atoms with E-state index in [1.165, 1.54) is 6.07 Å². The Hall–Kier alpha value is -2.31. The van der Waals surface area contributed by atoms with Crippen molar-refractivity contribution in [2.75, 3.05) is 5.34 Å². The molecule has 0 unspecified atom stereocenters. The first kappa shape index (κ1) is 28.9. The second-order valence-corrected chi connectivity index (χ2v) is 9.62. The van der Waals surface area contributed by atoms with E-state index in [0.29, 0.717) is 22.5 Å². The molecule has 0 bridgehead atoms. The molecule has 4 aromatic rings. The van der Waals surface area contributed by atoms with Crippen molar-refractivity contribution in [1.82, 2.24) is 4.98 Å². The molecule has 6 nitrogen and oxygen atoms in total. The number of halogens is 2. The van der Waals surface area contributed by atoms with Crippen molar-refractivity contribution in [3.63, 3.8) is 0 Å². The monoisotopic (exact) mass is 619 g/mol. The summed E-state index contributed by atoms with van der Waals surface area (Å²) in [5.74, 6) is -0.145. The molecule has 1 heterocycles. The van der Waals surface area contributed by atoms with Gasteiger partial charge in [-0.25, -0.2) is 13.4 Å². The summed E-state index contributed by atoms with van der Waals surface area (Å²) in [5, 5.41) is 13.0. The van der Waals surface area contributed by atoms with Crippen molar-refractivity contribution in [3.05, 3.63) is 100 Å². The maximum Gasteiger partial charge on any atom is 2.00 e. The maximum atomic E-state index is 12.5. The molecule has 0 aliphatic rings. The Morgan fingerprint density at radius 1 is 0.971 bits per heavy atom. The van der Waals surface area contributed by atoms with Crippen molar-refractivity contribution in [3.8, 4) is 5.75 Å². The minimum absolute atomic E-state index is 0. The number of fused-ring (bicyclic) bond motifs is 1. The number of alkyl halides is 2. The molecule has 184 valence electrons. The average Bonchev–Trinajstić information content (AvgIpc) is 2.83. The first-order chi connectivity index (χ1) is 16.3. The molecule has 0 aliphatic heterocycles. The summed E-state index contributed by atoms with van der Waals surface area (Å²) in [6.45, 7) is 1.86. The van der Waals surface area contributed by atoms with Crippen molar-refractivity contribution in [2.24, 2.45) is 4.99 Å². The zero-order valence-electron chi connectivity index (χ0n) is 18.5. The Morgan fingerprint density at radius 2 is 1.66 bits per heavy atom. The number of rotatable bonds is 6. The van der Waals surface area contributed by atoms with Crippen LogP contribution in [0.25, 0.3) is 15.6 Å². The van der Waals surface area contributed by atoms with Crippen LogP contribution in [0.1, 0.15) is 16.8 Å². The molecule has 0 saturated heterocycles. The maximum absolute atomic E-state index is 12.5. The van der Waals surface area contributed by atoms with Gasteiger partial charge in [-0.05, 0) is 42.1 Å². The third kappa shape index (κ3) is 8.11. The number of hydrogen-bond donors (Lipinski definition) is 0. The predicted octanol–water partition coefficient (Wildman–Crippen LogP) is 6.05. The summed E-state index contributed by atoms with van der Waals surface area (Å²) in [7, 11) is -3.76. The molecule has 0 spiro atoms. The van der Waals surface area contributed by atoms with E-state index in [1.54, 1.807) is 60.8 Å². The van der Waals surface area contributed by atoms with Gasteiger partial charge < -0.3 is 9.83 Å². The zero-order chi connectivity index (χ0) is 24.6. The van der Waals surface area contributed by atoms with Crippen LogP contribution >= 0.6 is 23.2 Å². The molecule has 0 aliphatic carbocycles. The van der Waals surface area contributed by atoms with Gasteiger partial charge in [0.25, 0.3) is 0 Å². The van der Waals surface area contributed by atoms with Gasteiger partial charge in [0.1, 0.15) is 10.0 Å². The summed E-state index contributed by atoms with van der Waals surface area (Å²) in [6.07, 6.45) is 1.55. The third-order valence-corrected chi connectivity index (χ3v) is 6.09. The minimum Gasteiger partial charge on any atom is -0.871 e. The van der Waals surface area contributed by atoms with Crippen molar-refractivity contribution < 1.29 is 33.9 Å². The van der Waals surface area contributed by atoms with Gasteiger partial charge >= 0.3 is 20.4 Å². The van der Waals surface area contributed by atoms with E-state index in [1.807, 2.05) is 25.1 Å². The van der Waals surface area contributed by atoms with Crippen LogP contribution in [-0.4, -0.2) is 25.0 Å². The van der Waals surface area contributed by atoms with Crippen LogP contribution in [0.3, 0.4) is 0 Å². The minimum atomic E-state index is -3.76. The third-order valence-electron chi connectivity index (χ3n) is 4.76. The summed E-state index contributed by atoms with van der Waals surface area (Å²) < 4.78 is 29.0. The Balaban J connectivity index is 0.00000103. The van der Waals surface area contributed by atoms with Gasteiger partial charge in [-0.2, -0.15) is 0 Å². The average molecular weight is 621 g/mol. The largest absolute Gasteiger partial charge is 2.00 e. The topological polar surface area (TPSA) is 96.5 Å². The Kier molecular flexibility index (Phi) is 11.3. The molecular formula is C25H21Cl2N3O3PdS. The standard InChI is InChI=1S/C24H20N3O3S.CH2Cl2.Pd/c1-17-9-13-21(14-10-17)31(29,30)26-15-19-5-2-3-7-22(19)25-16-20-12-11-18-6-4-8-23(28)24(18)27-20;2-1-3;/h2-14,16H,15H2,1H3,(H,25,28);1H2;/q-1;;+2/p-1. The smallest absolute Gasteiger partial charge is 0.871 e. The van der Waals surface area contributed by atoms with Crippen LogP contribution in [-0.2, 0) is 37.0 Å². The first-order valence-electron chi connectivity index (χ1n) is 10.1. The summed E-state index contributed by atoms with van der Waals surface area (Å²) in [4.78, 5) is 8.98. The number of sulfonamides is 1. The van der Waals surface area contributed by atoms with Crippen LogP contribution in [0, 0.1) is 6.92 Å². The van der Waals surface area contributed by atoms with Crippen molar-refractivity contribution in [2.45, 2.75) is 18.4 Å². The first-order valence-corrected chi connectivity index (χ1v) is 12.7. The normalized spacial score (nSPS) is 11.1. The van der Waals surface area contributed by atoms with Gasteiger partial charge in [-0.15, -0.1) is 29.7 Å². The predicted molar refractivity (Wildman–Crippen MR) is 137 cm³/mol. The van der Waals surface area contributed by atoms with Crippen LogP contribution in [0.15, 0.2) is 88.8 Å². The second kappa shape index (κ2) is 13.7. The molecule has 4 rings (SSSR count). The number of benzene rings is 3. The Morgan fingerprint density at radius 3 is 2.37 bits per heavy atom. The molecule has 0 saturated carbocycles. The second-order valence-electron chi connectivity index (χ2n) is 7.13. The fourth-order valence-electron chi connectivity index (χ4n) is 3.05. The fourth-order valence-corrected chi connectivity index (χ4v) is 3.99. The molecule has 3 aromatic carbocycles. The Labute approximate surface area is 228 Å². The zero-order valence-corrected chi connectivity index (χ0v) is 22.4. The molecule has 0 fully saturated rings. The van der Waals surface area contributed by atoms with E-state index in [9.17, 15) is 13.5 Å². The van der Waals surface area contributed by atoms with Crippen molar-refractivity contribution >= 4 is 56.0 Å². The molecule has 1 aromatic heterocycles. The molecule has 0 N–H and O–H groups in total. The summed E-state index contributed by atoms with van der Waals surface area (Å²) in [6, 6.07) is 22.4. The fraction of sp³-hybridized carbons (Fsp3) is 0.120. The number of para-hydroxylation sites is 2. The molecule has 35 heavy (non-hydrogen) atoms. The van der Waals surface area contributed by atoms with E-state index in [4.69, 9.17) is 23.2 Å². The van der Waals surface area contributed by atoms with Crippen LogP contribution < -0.4 is 5.11 Å². The number of nitrogens with zero attached hydrogens (tertiary/aromatic N) is 3. The van der Waals surface area contributed by atoms with Crippen LogP contribution in [0.2, 0.25) is 0 Å². The van der Waals surface area contributed by atoms with Gasteiger partial charge in [0.15, 0.2) is 0 Å². The number of aliphatic imine (C=N–C) groups is 1. The van der Waals surface area contributed by atoms with E-state index < -0.39 is 10.0 Å². The number of pyridine rings is 1. The molecule has 0 radical (unpaired) electrons. The van der Waals surface area contributed by atoms with Crippen LogP contribution in [0.4, 0.5) is 5.69 Å². The van der Waals surface area contributed by atoms with E-state index in [2.05, 4.69) is 14.7 Å². The Bertz CT molecular complexity index is 1400. The van der Waals surface area contributed by atoms with Gasteiger partial charge in [0.05, 0.1) is 28.5 Å². The van der Waals surface area contributed by atoms with Crippen LogP contribution in [0.5, 0.6) is 5.75 Å². The van der Waals surface area contributed by atoms with Crippen molar-refractivity contribution in [1.29, 1.82) is 0 Å². The van der Waals surface area contributed by atoms with Gasteiger partial charge in [0.2, 0.25) is 0 Å². The number of aromatic nitrogens is 1.